The number of carbonyl (C=O) groups is 1. The topological polar surface area (TPSA) is 79.1 Å². The largest absolute Gasteiger partial charge is 0.494 e. The van der Waals surface area contributed by atoms with Crippen LogP contribution in [-0.4, -0.2) is 37.5 Å². The van der Waals surface area contributed by atoms with Gasteiger partial charge in [-0.3, -0.25) is 9.36 Å². The number of esters is 1. The van der Waals surface area contributed by atoms with Gasteiger partial charge in [-0.25, -0.2) is 9.79 Å². The number of carbonyl (C=O) groups excluding carboxylic acids is 1. The third-order valence-electron chi connectivity index (χ3n) is 6.06. The van der Waals surface area contributed by atoms with Crippen molar-refractivity contribution < 1.29 is 19.0 Å². The summed E-state index contributed by atoms with van der Waals surface area (Å²) in [6.07, 6.45) is 7.60. The van der Waals surface area contributed by atoms with Gasteiger partial charge in [-0.15, -0.1) is 0 Å². The first-order valence-electron chi connectivity index (χ1n) is 12.7. The summed E-state index contributed by atoms with van der Waals surface area (Å²) in [6, 6.07) is 16.7. The highest BCUT2D eigenvalue weighted by molar-refractivity contribution is 7.07. The molecule has 1 unspecified atom stereocenters. The van der Waals surface area contributed by atoms with Gasteiger partial charge >= 0.3 is 5.97 Å². The van der Waals surface area contributed by atoms with Crippen LogP contribution in [0.5, 0.6) is 5.75 Å². The minimum Gasteiger partial charge on any atom is -0.494 e. The lowest BCUT2D eigenvalue weighted by Gasteiger charge is -2.25. The van der Waals surface area contributed by atoms with E-state index in [-0.39, 0.29) is 18.8 Å². The summed E-state index contributed by atoms with van der Waals surface area (Å²) in [4.78, 5) is 32.0. The van der Waals surface area contributed by atoms with Gasteiger partial charge in [-0.05, 0) is 42.7 Å². The summed E-state index contributed by atoms with van der Waals surface area (Å²) in [5.74, 6) is 0.223. The van der Waals surface area contributed by atoms with Crippen molar-refractivity contribution in [1.82, 2.24) is 4.57 Å². The maximum absolute atomic E-state index is 13.6. The smallest absolute Gasteiger partial charge is 0.338 e. The Morgan fingerprint density at radius 1 is 1.08 bits per heavy atom. The lowest BCUT2D eigenvalue weighted by atomic mass is 9.96. The highest BCUT2D eigenvalue weighted by Gasteiger charge is 2.33. The van der Waals surface area contributed by atoms with Gasteiger partial charge < -0.3 is 14.2 Å². The Balaban J connectivity index is 1.75. The number of benzene rings is 2. The number of hydrogen-bond donors (Lipinski definition) is 0. The van der Waals surface area contributed by atoms with Crippen LogP contribution in [0.1, 0.15) is 43.9 Å². The Kier molecular flexibility index (Phi) is 9.46. The molecule has 8 heteroatoms. The van der Waals surface area contributed by atoms with Crippen LogP contribution in [0.15, 0.2) is 81.7 Å². The van der Waals surface area contributed by atoms with E-state index in [0.29, 0.717) is 27.2 Å². The SMILES string of the molecule is CCCCOc1ccc(C2C(C(=O)OCCOC)=C(C)N=c3sc(=CC=Cc4ccccc4)c(=O)n32)cc1. The fraction of sp³-hybridized carbons (Fsp3) is 0.300. The number of thiazole rings is 1. The lowest BCUT2D eigenvalue weighted by Crippen LogP contribution is -2.40. The molecule has 0 saturated heterocycles. The molecule has 1 aromatic heterocycles. The molecule has 1 aliphatic heterocycles. The van der Waals surface area contributed by atoms with E-state index in [1.165, 1.54) is 11.3 Å². The molecule has 0 bridgehead atoms. The first kappa shape index (κ1) is 27.3. The third kappa shape index (κ3) is 6.38. The van der Waals surface area contributed by atoms with Crippen LogP contribution in [0.4, 0.5) is 0 Å². The number of unbranched alkanes of at least 4 members (excludes halogenated alkanes) is 1. The molecule has 4 rings (SSSR count). The standard InChI is InChI=1S/C30H32N2O5S/c1-4-5-18-36-24-16-14-23(15-17-24)27-26(29(34)37-20-19-35-3)21(2)31-30-32(27)28(33)25(38-30)13-9-12-22-10-7-6-8-11-22/h6-17,27H,4-5,18-20H2,1-3H3. The predicted octanol–water partition coefficient (Wildman–Crippen LogP) is 4.27. The molecule has 0 fully saturated rings. The molecule has 198 valence electrons. The maximum atomic E-state index is 13.6. The summed E-state index contributed by atoms with van der Waals surface area (Å²) in [5, 5.41) is 0. The predicted molar refractivity (Wildman–Crippen MR) is 150 cm³/mol. The molecule has 3 aromatic rings. The molecule has 2 heterocycles. The first-order chi connectivity index (χ1) is 18.5. The van der Waals surface area contributed by atoms with Crippen molar-refractivity contribution in [2.24, 2.45) is 4.99 Å². The number of rotatable bonds is 11. The summed E-state index contributed by atoms with van der Waals surface area (Å²) < 4.78 is 18.4. The number of fused-ring (bicyclic) bond motifs is 1. The summed E-state index contributed by atoms with van der Waals surface area (Å²) >= 11 is 1.30. The van der Waals surface area contributed by atoms with Crippen LogP contribution in [0.2, 0.25) is 0 Å². The van der Waals surface area contributed by atoms with Crippen LogP contribution >= 0.6 is 11.3 Å². The van der Waals surface area contributed by atoms with E-state index in [1.54, 1.807) is 24.7 Å². The van der Waals surface area contributed by atoms with Crippen molar-refractivity contribution in [1.29, 1.82) is 0 Å². The number of allylic oxidation sites excluding steroid dienone is 2. The first-order valence-corrected chi connectivity index (χ1v) is 13.5. The van der Waals surface area contributed by atoms with Gasteiger partial charge in [0.25, 0.3) is 5.56 Å². The van der Waals surface area contributed by atoms with Gasteiger partial charge in [0.15, 0.2) is 4.80 Å². The molecule has 0 spiro atoms. The summed E-state index contributed by atoms with van der Waals surface area (Å²) in [7, 11) is 1.54. The van der Waals surface area contributed by atoms with Crippen molar-refractivity contribution in [2.75, 3.05) is 26.9 Å². The van der Waals surface area contributed by atoms with Crippen LogP contribution < -0.4 is 19.6 Å². The maximum Gasteiger partial charge on any atom is 0.338 e. The average molecular weight is 533 g/mol. The highest BCUT2D eigenvalue weighted by atomic mass is 32.1. The van der Waals surface area contributed by atoms with Crippen LogP contribution in [0.25, 0.3) is 12.2 Å². The van der Waals surface area contributed by atoms with Crippen molar-refractivity contribution >= 4 is 29.5 Å². The second-order valence-corrected chi connectivity index (χ2v) is 9.78. The van der Waals surface area contributed by atoms with E-state index in [2.05, 4.69) is 11.9 Å². The Morgan fingerprint density at radius 2 is 1.84 bits per heavy atom. The zero-order valence-electron chi connectivity index (χ0n) is 21.9. The Bertz CT molecular complexity index is 1480. The monoisotopic (exact) mass is 532 g/mol. The van der Waals surface area contributed by atoms with Gasteiger partial charge in [0.05, 0.1) is 35.1 Å². The third-order valence-corrected chi connectivity index (χ3v) is 7.06. The number of aromatic nitrogens is 1. The van der Waals surface area contributed by atoms with E-state index in [4.69, 9.17) is 14.2 Å². The molecule has 38 heavy (non-hydrogen) atoms. The van der Waals surface area contributed by atoms with E-state index in [1.807, 2.05) is 66.7 Å². The zero-order valence-corrected chi connectivity index (χ0v) is 22.7. The quantitative estimate of drug-likeness (QED) is 0.272. The molecular weight excluding hydrogens is 500 g/mol. The summed E-state index contributed by atoms with van der Waals surface area (Å²) in [6.45, 7) is 4.91. The second-order valence-electron chi connectivity index (χ2n) is 8.77. The molecule has 0 N–H and O–H groups in total. The Labute approximate surface area is 226 Å². The van der Waals surface area contributed by atoms with Gasteiger partial charge in [0, 0.05) is 7.11 Å². The molecule has 7 nitrogen and oxygen atoms in total. The van der Waals surface area contributed by atoms with Crippen LogP contribution in [0, 0.1) is 0 Å². The van der Waals surface area contributed by atoms with E-state index < -0.39 is 12.0 Å². The van der Waals surface area contributed by atoms with Gasteiger partial charge in [-0.2, -0.15) is 0 Å². The number of methoxy groups -OCH3 is 1. The average Bonchev–Trinajstić information content (AvgIpc) is 3.23. The van der Waals surface area contributed by atoms with Gasteiger partial charge in [0.2, 0.25) is 0 Å². The van der Waals surface area contributed by atoms with Crippen molar-refractivity contribution in [2.45, 2.75) is 32.7 Å². The van der Waals surface area contributed by atoms with Crippen molar-refractivity contribution in [3.05, 3.63) is 103 Å². The molecule has 1 aliphatic rings. The minimum atomic E-state index is -0.675. The molecule has 0 radical (unpaired) electrons. The Hall–Kier alpha value is -3.75. The van der Waals surface area contributed by atoms with Crippen molar-refractivity contribution in [3.8, 4) is 5.75 Å². The van der Waals surface area contributed by atoms with E-state index in [0.717, 1.165) is 29.7 Å². The fourth-order valence-corrected chi connectivity index (χ4v) is 5.10. The van der Waals surface area contributed by atoms with Crippen LogP contribution in [-0.2, 0) is 14.3 Å². The molecule has 0 saturated carbocycles. The zero-order chi connectivity index (χ0) is 26.9. The summed E-state index contributed by atoms with van der Waals surface area (Å²) in [5.41, 5.74) is 2.45. The van der Waals surface area contributed by atoms with Crippen LogP contribution in [0.3, 0.4) is 0 Å². The van der Waals surface area contributed by atoms with Gasteiger partial charge in [0.1, 0.15) is 12.4 Å². The molecule has 0 amide bonds. The molecule has 2 aromatic carbocycles. The van der Waals surface area contributed by atoms with Crippen molar-refractivity contribution in [3.63, 3.8) is 0 Å². The number of ether oxygens (including phenoxy) is 3. The molecular formula is C30H32N2O5S. The molecule has 1 atom stereocenters. The normalized spacial score (nSPS) is 15.4. The Morgan fingerprint density at radius 3 is 2.55 bits per heavy atom. The number of nitrogens with zero attached hydrogens (tertiary/aromatic N) is 2. The number of hydrogen-bond acceptors (Lipinski definition) is 7. The minimum absolute atomic E-state index is 0.109. The lowest BCUT2D eigenvalue weighted by molar-refractivity contribution is -0.140. The van der Waals surface area contributed by atoms with E-state index in [9.17, 15) is 9.59 Å². The van der Waals surface area contributed by atoms with E-state index >= 15 is 0 Å². The highest BCUT2D eigenvalue weighted by Crippen LogP contribution is 2.31. The van der Waals surface area contributed by atoms with Gasteiger partial charge in [-0.1, -0.05) is 79.3 Å². The fourth-order valence-electron chi connectivity index (χ4n) is 4.10. The molecule has 0 aliphatic carbocycles. The second kappa shape index (κ2) is 13.2.